The van der Waals surface area contributed by atoms with Crippen molar-refractivity contribution in [3.63, 3.8) is 0 Å². The Morgan fingerprint density at radius 2 is 1.80 bits per heavy atom. The van der Waals surface area contributed by atoms with Gasteiger partial charge >= 0.3 is 12.1 Å². The third-order valence-electron chi connectivity index (χ3n) is 7.09. The van der Waals surface area contributed by atoms with E-state index < -0.39 is 23.7 Å². The molecule has 2 aliphatic rings. The molecule has 1 aliphatic carbocycles. The maximum Gasteiger partial charge on any atom is 0.410 e. The highest BCUT2D eigenvalue weighted by Gasteiger charge is 2.46. The predicted molar refractivity (Wildman–Crippen MR) is 132 cm³/mol. The Balaban J connectivity index is 1.55. The van der Waals surface area contributed by atoms with Crippen LogP contribution in [0.15, 0.2) is 28.7 Å². The lowest BCUT2D eigenvalue weighted by Crippen LogP contribution is -2.47. The molecule has 0 radical (unpaired) electrons. The van der Waals surface area contributed by atoms with Gasteiger partial charge < -0.3 is 13.9 Å². The monoisotopic (exact) mass is 483 g/mol. The van der Waals surface area contributed by atoms with Crippen molar-refractivity contribution in [3.05, 3.63) is 35.6 Å². The highest BCUT2D eigenvalue weighted by atomic mass is 16.6. The average Bonchev–Trinajstić information content (AvgIpc) is 3.43. The second-order valence-electron chi connectivity index (χ2n) is 10.8. The van der Waals surface area contributed by atoms with Gasteiger partial charge in [-0.15, -0.1) is 0 Å². The van der Waals surface area contributed by atoms with Crippen molar-refractivity contribution >= 4 is 28.8 Å². The fourth-order valence-corrected chi connectivity index (χ4v) is 5.62. The Hall–Kier alpha value is -2.83. The van der Waals surface area contributed by atoms with Crippen LogP contribution in [0.5, 0.6) is 0 Å². The molecular formula is C28H37NO6. The molecule has 35 heavy (non-hydrogen) atoms. The Morgan fingerprint density at radius 1 is 1.06 bits per heavy atom. The van der Waals surface area contributed by atoms with E-state index in [2.05, 4.69) is 0 Å². The molecular weight excluding hydrogens is 446 g/mol. The molecule has 0 unspecified atom stereocenters. The molecule has 0 bridgehead atoms. The first-order chi connectivity index (χ1) is 16.7. The SMILES string of the molecule is CCOC(=O)c1cc2cc(CC(=O)[C@@H]3[C@H](C4CCCCC4)CCN3C(=O)OC(C)(C)C)ccc2o1. The van der Waals surface area contributed by atoms with Crippen LogP contribution in [0.4, 0.5) is 4.79 Å². The zero-order chi connectivity index (χ0) is 25.2. The number of carbonyl (C=O) groups is 3. The van der Waals surface area contributed by atoms with Crippen molar-refractivity contribution in [3.8, 4) is 0 Å². The number of amides is 1. The molecule has 4 rings (SSSR count). The number of rotatable bonds is 6. The van der Waals surface area contributed by atoms with E-state index in [-0.39, 0.29) is 30.5 Å². The number of furan rings is 1. The molecule has 2 atom stereocenters. The van der Waals surface area contributed by atoms with Crippen LogP contribution in [0.25, 0.3) is 11.0 Å². The molecule has 7 nitrogen and oxygen atoms in total. The van der Waals surface area contributed by atoms with Crippen LogP contribution < -0.4 is 0 Å². The van der Waals surface area contributed by atoms with E-state index in [1.54, 1.807) is 24.0 Å². The second kappa shape index (κ2) is 10.4. The minimum Gasteiger partial charge on any atom is -0.460 e. The summed E-state index contributed by atoms with van der Waals surface area (Å²) in [6.45, 7) is 8.11. The van der Waals surface area contributed by atoms with Gasteiger partial charge in [-0.1, -0.05) is 38.2 Å². The van der Waals surface area contributed by atoms with Gasteiger partial charge in [0.2, 0.25) is 5.76 Å². The van der Waals surface area contributed by atoms with Gasteiger partial charge in [0.05, 0.1) is 12.6 Å². The highest BCUT2D eigenvalue weighted by Crippen LogP contribution is 2.40. The van der Waals surface area contributed by atoms with Crippen LogP contribution in [0.1, 0.15) is 82.3 Å². The van der Waals surface area contributed by atoms with Crippen LogP contribution in [0.2, 0.25) is 0 Å². The molecule has 1 saturated carbocycles. The van der Waals surface area contributed by atoms with Gasteiger partial charge in [0.1, 0.15) is 11.2 Å². The smallest absolute Gasteiger partial charge is 0.410 e. The van der Waals surface area contributed by atoms with Crippen LogP contribution in [0.3, 0.4) is 0 Å². The quantitative estimate of drug-likeness (QED) is 0.474. The Bertz CT molecular complexity index is 1070. The summed E-state index contributed by atoms with van der Waals surface area (Å²) in [7, 11) is 0. The van der Waals surface area contributed by atoms with E-state index in [1.807, 2.05) is 32.9 Å². The van der Waals surface area contributed by atoms with Crippen LogP contribution in [-0.2, 0) is 20.7 Å². The van der Waals surface area contributed by atoms with Crippen LogP contribution in [0, 0.1) is 11.8 Å². The summed E-state index contributed by atoms with van der Waals surface area (Å²) in [4.78, 5) is 40.5. The Labute approximate surface area is 207 Å². The first-order valence-corrected chi connectivity index (χ1v) is 12.9. The molecule has 1 aromatic carbocycles. The lowest BCUT2D eigenvalue weighted by molar-refractivity contribution is -0.124. The molecule has 2 fully saturated rings. The predicted octanol–water partition coefficient (Wildman–Crippen LogP) is 5.93. The number of hydrogen-bond acceptors (Lipinski definition) is 6. The molecule has 1 amide bonds. The van der Waals surface area contributed by atoms with E-state index in [0.717, 1.165) is 30.2 Å². The zero-order valence-corrected chi connectivity index (χ0v) is 21.3. The number of ketones is 1. The average molecular weight is 484 g/mol. The number of likely N-dealkylation sites (tertiary alicyclic amines) is 1. The topological polar surface area (TPSA) is 86.1 Å². The lowest BCUT2D eigenvalue weighted by Gasteiger charge is -2.34. The fraction of sp³-hybridized carbons (Fsp3) is 0.607. The first kappa shape index (κ1) is 25.3. The Kier molecular flexibility index (Phi) is 7.53. The molecule has 190 valence electrons. The maximum absolute atomic E-state index is 13.7. The summed E-state index contributed by atoms with van der Waals surface area (Å²) in [5.41, 5.74) is 0.786. The number of nitrogens with zero attached hydrogens (tertiary/aromatic N) is 1. The van der Waals surface area contributed by atoms with Crippen molar-refractivity contribution in [1.29, 1.82) is 0 Å². The number of hydrogen-bond donors (Lipinski definition) is 0. The molecule has 1 aromatic heterocycles. The largest absolute Gasteiger partial charge is 0.460 e. The highest BCUT2D eigenvalue weighted by molar-refractivity contribution is 5.94. The van der Waals surface area contributed by atoms with Gasteiger partial charge in [-0.3, -0.25) is 9.69 Å². The summed E-state index contributed by atoms with van der Waals surface area (Å²) >= 11 is 0. The molecule has 2 aromatic rings. The molecule has 0 N–H and O–H groups in total. The normalized spacial score (nSPS) is 21.3. The summed E-state index contributed by atoms with van der Waals surface area (Å²) in [6, 6.07) is 6.68. The van der Waals surface area contributed by atoms with E-state index in [9.17, 15) is 14.4 Å². The first-order valence-electron chi connectivity index (χ1n) is 12.9. The summed E-state index contributed by atoms with van der Waals surface area (Å²) in [5, 5.41) is 0.748. The second-order valence-corrected chi connectivity index (χ2v) is 10.8. The Morgan fingerprint density at radius 3 is 2.49 bits per heavy atom. The number of ether oxygens (including phenoxy) is 2. The third kappa shape index (κ3) is 5.88. The summed E-state index contributed by atoms with van der Waals surface area (Å²) in [6.07, 6.45) is 6.51. The van der Waals surface area contributed by atoms with Crippen molar-refractivity contribution in [1.82, 2.24) is 4.90 Å². The number of benzene rings is 1. The summed E-state index contributed by atoms with van der Waals surface area (Å²) in [5.74, 6) is 0.319. The van der Waals surface area contributed by atoms with Gasteiger partial charge in [0.25, 0.3) is 0 Å². The maximum atomic E-state index is 13.7. The van der Waals surface area contributed by atoms with Crippen LogP contribution in [-0.4, -0.2) is 47.5 Å². The van der Waals surface area contributed by atoms with Gasteiger partial charge in [-0.25, -0.2) is 9.59 Å². The number of Topliss-reactive ketones (excluding diaryl/α,β-unsaturated/α-hetero) is 1. The zero-order valence-electron chi connectivity index (χ0n) is 21.3. The third-order valence-corrected chi connectivity index (χ3v) is 7.09. The molecule has 2 heterocycles. The van der Waals surface area contributed by atoms with E-state index in [0.29, 0.717) is 18.0 Å². The number of esters is 1. The van der Waals surface area contributed by atoms with Gasteiger partial charge in [-0.2, -0.15) is 0 Å². The minimum absolute atomic E-state index is 0.0393. The van der Waals surface area contributed by atoms with Crippen molar-refractivity contribution in [2.75, 3.05) is 13.2 Å². The molecule has 1 aliphatic heterocycles. The lowest BCUT2D eigenvalue weighted by atomic mass is 9.75. The molecule has 0 spiro atoms. The van der Waals surface area contributed by atoms with Crippen LogP contribution >= 0.6 is 0 Å². The van der Waals surface area contributed by atoms with Gasteiger partial charge in [-0.05, 0) is 69.7 Å². The number of fused-ring (bicyclic) bond motifs is 1. The van der Waals surface area contributed by atoms with Crippen molar-refractivity contribution in [2.24, 2.45) is 11.8 Å². The van der Waals surface area contributed by atoms with Crippen molar-refractivity contribution < 1.29 is 28.3 Å². The summed E-state index contributed by atoms with van der Waals surface area (Å²) < 4.78 is 16.3. The molecule has 7 heteroatoms. The van der Waals surface area contributed by atoms with Crippen molar-refractivity contribution in [2.45, 2.75) is 84.3 Å². The minimum atomic E-state index is -0.615. The van der Waals surface area contributed by atoms with Gasteiger partial charge in [0.15, 0.2) is 5.78 Å². The van der Waals surface area contributed by atoms with Gasteiger partial charge in [0, 0.05) is 18.4 Å². The van der Waals surface area contributed by atoms with E-state index in [1.165, 1.54) is 19.3 Å². The standard InChI is InChI=1S/C28H37NO6/c1-5-33-26(31)24-17-20-15-18(11-12-23(20)34-24)16-22(30)25-21(19-9-7-6-8-10-19)13-14-29(25)27(32)35-28(2,3)4/h11-12,15,17,19,21,25H,5-10,13-14,16H2,1-4H3/t21-,25-/m0/s1. The fourth-order valence-electron chi connectivity index (χ4n) is 5.62. The van der Waals surface area contributed by atoms with E-state index >= 15 is 0 Å². The molecule has 1 saturated heterocycles. The number of carbonyl (C=O) groups excluding carboxylic acids is 3. The van der Waals surface area contributed by atoms with E-state index in [4.69, 9.17) is 13.9 Å².